The molecule has 3 nitrogen and oxygen atoms in total. The van der Waals surface area contributed by atoms with Crippen molar-refractivity contribution in [2.75, 3.05) is 0 Å². The summed E-state index contributed by atoms with van der Waals surface area (Å²) in [5.74, 6) is 0. The van der Waals surface area contributed by atoms with Gasteiger partial charge in [0.25, 0.3) is 0 Å². The standard InChI is InChI=1S/C24H19NO2S/c1-18-8-12-22(13-9-18)28(26,27)23-14-10-19(11-15-23)20-5-4-6-21(17-20)24-7-2-3-16-25-24/h2-17H,1H3. The third-order valence-electron chi connectivity index (χ3n) is 4.65. The number of pyridine rings is 1. The van der Waals surface area contributed by atoms with E-state index in [2.05, 4.69) is 11.1 Å². The van der Waals surface area contributed by atoms with E-state index in [0.29, 0.717) is 9.79 Å². The number of nitrogens with zero attached hydrogens (tertiary/aromatic N) is 1. The van der Waals surface area contributed by atoms with E-state index in [1.165, 1.54) is 0 Å². The molecule has 4 heteroatoms. The van der Waals surface area contributed by atoms with Gasteiger partial charge in [0.2, 0.25) is 9.84 Å². The maximum Gasteiger partial charge on any atom is 0.206 e. The molecule has 0 aliphatic rings. The normalized spacial score (nSPS) is 11.3. The molecule has 1 heterocycles. The fourth-order valence-electron chi connectivity index (χ4n) is 3.07. The van der Waals surface area contributed by atoms with Gasteiger partial charge in [-0.1, -0.05) is 54.1 Å². The smallest absolute Gasteiger partial charge is 0.206 e. The minimum Gasteiger partial charge on any atom is -0.256 e. The van der Waals surface area contributed by atoms with Crippen LogP contribution in [-0.4, -0.2) is 13.4 Å². The highest BCUT2D eigenvalue weighted by molar-refractivity contribution is 7.91. The van der Waals surface area contributed by atoms with Gasteiger partial charge in [-0.05, 0) is 60.5 Å². The van der Waals surface area contributed by atoms with Crippen molar-refractivity contribution in [3.8, 4) is 22.4 Å². The minimum atomic E-state index is -3.52. The molecule has 0 fully saturated rings. The molecule has 0 spiro atoms. The quantitative estimate of drug-likeness (QED) is 0.462. The molecule has 28 heavy (non-hydrogen) atoms. The van der Waals surface area contributed by atoms with Crippen molar-refractivity contribution in [2.24, 2.45) is 0 Å². The van der Waals surface area contributed by atoms with E-state index in [9.17, 15) is 8.42 Å². The predicted molar refractivity (Wildman–Crippen MR) is 112 cm³/mol. The summed E-state index contributed by atoms with van der Waals surface area (Å²) >= 11 is 0. The Hall–Kier alpha value is -3.24. The maximum atomic E-state index is 12.8. The lowest BCUT2D eigenvalue weighted by atomic mass is 10.0. The fourth-order valence-corrected chi connectivity index (χ4v) is 4.33. The highest BCUT2D eigenvalue weighted by atomic mass is 32.2. The molecule has 0 amide bonds. The first-order chi connectivity index (χ1) is 13.5. The fraction of sp³-hybridized carbons (Fsp3) is 0.0417. The summed E-state index contributed by atoms with van der Waals surface area (Å²) in [4.78, 5) is 4.99. The van der Waals surface area contributed by atoms with Crippen LogP contribution in [-0.2, 0) is 9.84 Å². The molecule has 0 atom stereocenters. The average molecular weight is 385 g/mol. The zero-order chi connectivity index (χ0) is 19.6. The Labute approximate surface area is 165 Å². The molecular formula is C24H19NO2S. The van der Waals surface area contributed by atoms with Crippen molar-refractivity contribution in [2.45, 2.75) is 16.7 Å². The van der Waals surface area contributed by atoms with E-state index in [1.54, 1.807) is 30.5 Å². The Morgan fingerprint density at radius 2 is 1.29 bits per heavy atom. The summed E-state index contributed by atoms with van der Waals surface area (Å²) in [5.41, 5.74) is 4.93. The Kier molecular flexibility index (Phi) is 4.80. The number of hydrogen-bond donors (Lipinski definition) is 0. The number of rotatable bonds is 4. The molecule has 0 saturated carbocycles. The maximum absolute atomic E-state index is 12.8. The number of hydrogen-bond acceptors (Lipinski definition) is 3. The molecular weight excluding hydrogens is 366 g/mol. The third-order valence-corrected chi connectivity index (χ3v) is 6.44. The summed E-state index contributed by atoms with van der Waals surface area (Å²) in [6.07, 6.45) is 1.77. The van der Waals surface area contributed by atoms with Gasteiger partial charge in [-0.15, -0.1) is 0 Å². The largest absolute Gasteiger partial charge is 0.256 e. The molecule has 0 aliphatic heterocycles. The third kappa shape index (κ3) is 3.59. The van der Waals surface area contributed by atoms with E-state index >= 15 is 0 Å². The van der Waals surface area contributed by atoms with Crippen molar-refractivity contribution in [1.29, 1.82) is 0 Å². The first-order valence-electron chi connectivity index (χ1n) is 8.98. The molecule has 0 radical (unpaired) electrons. The summed E-state index contributed by atoms with van der Waals surface area (Å²) in [7, 11) is -3.52. The molecule has 0 bridgehead atoms. The van der Waals surface area contributed by atoms with Gasteiger partial charge >= 0.3 is 0 Å². The second kappa shape index (κ2) is 7.41. The molecule has 138 valence electrons. The first kappa shape index (κ1) is 18.1. The zero-order valence-electron chi connectivity index (χ0n) is 15.4. The number of aromatic nitrogens is 1. The molecule has 0 unspecified atom stereocenters. The summed E-state index contributed by atoms with van der Waals surface area (Å²) in [6, 6.07) is 27.8. The van der Waals surface area contributed by atoms with E-state index in [0.717, 1.165) is 27.9 Å². The second-order valence-corrected chi connectivity index (χ2v) is 8.59. The van der Waals surface area contributed by atoms with Gasteiger partial charge in [0.1, 0.15) is 0 Å². The Balaban J connectivity index is 1.66. The Morgan fingerprint density at radius 3 is 1.93 bits per heavy atom. The Morgan fingerprint density at radius 1 is 0.643 bits per heavy atom. The van der Waals surface area contributed by atoms with Crippen LogP contribution in [0.4, 0.5) is 0 Å². The van der Waals surface area contributed by atoms with Gasteiger partial charge in [-0.2, -0.15) is 0 Å². The molecule has 0 N–H and O–H groups in total. The number of sulfone groups is 1. The van der Waals surface area contributed by atoms with E-state index in [1.807, 2.05) is 67.6 Å². The van der Waals surface area contributed by atoms with Gasteiger partial charge in [0.05, 0.1) is 15.5 Å². The van der Waals surface area contributed by atoms with Crippen molar-refractivity contribution < 1.29 is 8.42 Å². The van der Waals surface area contributed by atoms with Crippen LogP contribution in [0.2, 0.25) is 0 Å². The molecule has 4 aromatic rings. The van der Waals surface area contributed by atoms with Crippen LogP contribution in [0.5, 0.6) is 0 Å². The zero-order valence-corrected chi connectivity index (χ0v) is 16.2. The first-order valence-corrected chi connectivity index (χ1v) is 10.5. The molecule has 0 saturated heterocycles. The van der Waals surface area contributed by atoms with Crippen molar-refractivity contribution in [1.82, 2.24) is 4.98 Å². The van der Waals surface area contributed by atoms with Gasteiger partial charge in [0, 0.05) is 11.8 Å². The minimum absolute atomic E-state index is 0.293. The summed E-state index contributed by atoms with van der Waals surface area (Å²) in [6.45, 7) is 1.93. The van der Waals surface area contributed by atoms with Crippen LogP contribution in [0.3, 0.4) is 0 Å². The SMILES string of the molecule is Cc1ccc(S(=O)(=O)c2ccc(-c3cccc(-c4ccccn4)c3)cc2)cc1. The van der Waals surface area contributed by atoms with Crippen molar-refractivity contribution >= 4 is 9.84 Å². The van der Waals surface area contributed by atoms with Gasteiger partial charge in [0.15, 0.2) is 0 Å². The van der Waals surface area contributed by atoms with Gasteiger partial charge in [-0.3, -0.25) is 4.98 Å². The summed E-state index contributed by atoms with van der Waals surface area (Å²) in [5, 5.41) is 0. The van der Waals surface area contributed by atoms with Crippen LogP contribution >= 0.6 is 0 Å². The van der Waals surface area contributed by atoms with Gasteiger partial charge < -0.3 is 0 Å². The highest BCUT2D eigenvalue weighted by Gasteiger charge is 2.17. The predicted octanol–water partition coefficient (Wildman–Crippen LogP) is 5.56. The van der Waals surface area contributed by atoms with Crippen molar-refractivity contribution in [3.05, 3.63) is 103 Å². The lowest BCUT2D eigenvalue weighted by Gasteiger charge is -2.08. The topological polar surface area (TPSA) is 47.0 Å². The highest BCUT2D eigenvalue weighted by Crippen LogP contribution is 2.28. The van der Waals surface area contributed by atoms with E-state index in [-0.39, 0.29) is 0 Å². The van der Waals surface area contributed by atoms with Crippen molar-refractivity contribution in [3.63, 3.8) is 0 Å². The lowest BCUT2D eigenvalue weighted by molar-refractivity contribution is 0.596. The number of benzene rings is 3. The van der Waals surface area contributed by atoms with Crippen LogP contribution in [0, 0.1) is 6.92 Å². The van der Waals surface area contributed by atoms with E-state index in [4.69, 9.17) is 0 Å². The molecule has 1 aromatic heterocycles. The molecule has 3 aromatic carbocycles. The summed E-state index contributed by atoms with van der Waals surface area (Å²) < 4.78 is 25.6. The monoisotopic (exact) mass is 385 g/mol. The van der Waals surface area contributed by atoms with Crippen LogP contribution < -0.4 is 0 Å². The second-order valence-electron chi connectivity index (χ2n) is 6.64. The molecule has 0 aliphatic carbocycles. The van der Waals surface area contributed by atoms with Crippen LogP contribution in [0.15, 0.2) is 107 Å². The Bertz CT molecular complexity index is 1200. The number of aryl methyl sites for hydroxylation is 1. The average Bonchev–Trinajstić information content (AvgIpc) is 2.75. The van der Waals surface area contributed by atoms with E-state index < -0.39 is 9.84 Å². The van der Waals surface area contributed by atoms with Crippen LogP contribution in [0.1, 0.15) is 5.56 Å². The lowest BCUT2D eigenvalue weighted by Crippen LogP contribution is -2.01. The van der Waals surface area contributed by atoms with Crippen LogP contribution in [0.25, 0.3) is 22.4 Å². The molecule has 4 rings (SSSR count). The van der Waals surface area contributed by atoms with Gasteiger partial charge in [-0.25, -0.2) is 8.42 Å².